The minimum Gasteiger partial charge on any atom is -0.491 e. The zero-order chi connectivity index (χ0) is 41.2. The summed E-state index contributed by atoms with van der Waals surface area (Å²) in [5.74, 6) is -1.17. The second kappa shape index (κ2) is 26.1. The smallest absolute Gasteiger partial charge is 0.305 e. The summed E-state index contributed by atoms with van der Waals surface area (Å²) < 4.78 is 41.2. The number of unbranched alkanes of at least 4 members (excludes halogenated alkanes) is 1. The third-order valence-corrected chi connectivity index (χ3v) is 8.53. The summed E-state index contributed by atoms with van der Waals surface area (Å²) in [6.07, 6.45) is 2.40. The van der Waals surface area contributed by atoms with Crippen LogP contribution < -0.4 is 20.7 Å². The highest BCUT2D eigenvalue weighted by Gasteiger charge is 2.19. The molecule has 0 spiro atoms. The Morgan fingerprint density at radius 2 is 1.48 bits per heavy atom. The largest absolute Gasteiger partial charge is 0.491 e. The fraction of sp³-hybridized carbons (Fsp3) is 0.415. The van der Waals surface area contributed by atoms with E-state index in [4.69, 9.17) is 29.2 Å². The zero-order valence-electron chi connectivity index (χ0n) is 32.3. The molecule has 0 aliphatic carbocycles. The molecule has 1 aromatic heterocycles. The summed E-state index contributed by atoms with van der Waals surface area (Å²) >= 11 is 0. The van der Waals surface area contributed by atoms with Crippen LogP contribution in [-0.4, -0.2) is 107 Å². The van der Waals surface area contributed by atoms with Crippen molar-refractivity contribution in [2.45, 2.75) is 31.7 Å². The van der Waals surface area contributed by atoms with Gasteiger partial charge in [0.2, 0.25) is 11.8 Å². The van der Waals surface area contributed by atoms with Crippen molar-refractivity contribution in [2.24, 2.45) is 5.11 Å². The number of hydrogen-bond donors (Lipinski definition) is 4. The number of carboxylic acids is 1. The number of fused-ring (bicyclic) bond motifs is 1. The van der Waals surface area contributed by atoms with Gasteiger partial charge in [0.15, 0.2) is 0 Å². The lowest BCUT2D eigenvalue weighted by Gasteiger charge is -2.19. The van der Waals surface area contributed by atoms with Gasteiger partial charge in [-0.1, -0.05) is 59.7 Å². The normalized spacial score (nSPS) is 11.4. The van der Waals surface area contributed by atoms with Crippen molar-refractivity contribution in [1.82, 2.24) is 15.6 Å². The predicted octanol–water partition coefficient (Wildman–Crippen LogP) is 5.83. The van der Waals surface area contributed by atoms with E-state index in [1.165, 1.54) is 18.3 Å². The van der Waals surface area contributed by atoms with Gasteiger partial charge in [0.1, 0.15) is 24.0 Å². The third-order valence-electron chi connectivity index (χ3n) is 8.53. The Balaban J connectivity index is 1.18. The number of nitrogens with one attached hydrogen (secondary N) is 3. The Labute approximate surface area is 336 Å². The molecule has 0 radical (unpaired) electrons. The molecule has 1 heterocycles. The minimum absolute atomic E-state index is 0.193. The van der Waals surface area contributed by atoms with Crippen LogP contribution in [0.3, 0.4) is 0 Å². The Hall–Kier alpha value is -5.84. The molecule has 0 aliphatic heterocycles. The van der Waals surface area contributed by atoms with E-state index in [2.05, 4.69) is 31.0 Å². The summed E-state index contributed by atoms with van der Waals surface area (Å²) in [4.78, 5) is 43.5. The Kier molecular flexibility index (Phi) is 20.2. The van der Waals surface area contributed by atoms with Gasteiger partial charge in [-0.3, -0.25) is 14.4 Å². The van der Waals surface area contributed by atoms with Gasteiger partial charge < -0.3 is 44.7 Å². The van der Waals surface area contributed by atoms with Gasteiger partial charge in [-0.15, -0.1) is 0 Å². The molecule has 1 unspecified atom stereocenters. The van der Waals surface area contributed by atoms with Crippen LogP contribution in [0.2, 0.25) is 0 Å². The first-order valence-electron chi connectivity index (χ1n) is 19.0. The SMILES string of the molecule is [N-]=[N+]=NCCOCCOCCOCCOCCOc1ccc(-c2ccc(C(CC(=O)O)NC(=O)CNC(=O)CCCCNc3cc(F)ccn3)cc2)c2ccccc12. The molecule has 310 valence electrons. The van der Waals surface area contributed by atoms with Gasteiger partial charge in [0.25, 0.3) is 0 Å². The summed E-state index contributed by atoms with van der Waals surface area (Å²) in [5.41, 5.74) is 10.7. The van der Waals surface area contributed by atoms with E-state index in [1.807, 2.05) is 48.5 Å². The predicted molar refractivity (Wildman–Crippen MR) is 215 cm³/mol. The maximum absolute atomic E-state index is 13.3. The molecule has 0 saturated carbocycles. The molecule has 16 nitrogen and oxygen atoms in total. The van der Waals surface area contributed by atoms with Crippen molar-refractivity contribution in [2.75, 3.05) is 84.4 Å². The second-order valence-electron chi connectivity index (χ2n) is 12.8. The van der Waals surface area contributed by atoms with Crippen LogP contribution in [0.5, 0.6) is 5.75 Å². The first-order valence-corrected chi connectivity index (χ1v) is 19.0. The molecule has 4 aromatic rings. The number of aromatic nitrogens is 1. The van der Waals surface area contributed by atoms with Gasteiger partial charge in [-0.05, 0) is 52.6 Å². The van der Waals surface area contributed by atoms with Crippen LogP contribution in [0.4, 0.5) is 10.2 Å². The molecule has 0 fully saturated rings. The number of amides is 2. The van der Waals surface area contributed by atoms with Crippen molar-refractivity contribution in [3.8, 4) is 16.9 Å². The Morgan fingerprint density at radius 3 is 2.16 bits per heavy atom. The molecule has 0 aliphatic rings. The third kappa shape index (κ3) is 16.7. The first kappa shape index (κ1) is 44.9. The number of carbonyl (C=O) groups excluding carboxylic acids is 2. The summed E-state index contributed by atoms with van der Waals surface area (Å²) in [7, 11) is 0. The van der Waals surface area contributed by atoms with E-state index in [1.54, 1.807) is 12.1 Å². The minimum atomic E-state index is -1.08. The standard InChI is InChI=1S/C41H50FN7O9/c42-32-14-16-45-38(27-32)44-15-4-3-7-39(50)46-29-40(51)48-36(28-41(52)53)31-10-8-30(9-11-31)33-12-13-37(35-6-2-1-5-34(33)35)58-26-25-57-24-23-56-22-21-55-20-19-54-18-17-47-49-43/h1-2,5-6,8-14,16,27,36H,3-4,7,15,17-26,28-29H2,(H,44,45)(H,46,50)(H,48,51)(H,52,53). The highest BCUT2D eigenvalue weighted by molar-refractivity contribution is 6.00. The average Bonchev–Trinajstić information content (AvgIpc) is 3.22. The number of azide groups is 1. The first-order chi connectivity index (χ1) is 28.3. The molecule has 3 aromatic carbocycles. The van der Waals surface area contributed by atoms with Crippen LogP contribution in [-0.2, 0) is 33.3 Å². The number of benzene rings is 3. The van der Waals surface area contributed by atoms with Crippen molar-refractivity contribution in [3.05, 3.63) is 101 Å². The number of pyridine rings is 1. The Bertz CT molecular complexity index is 1930. The van der Waals surface area contributed by atoms with E-state index in [0.717, 1.165) is 21.9 Å². The summed E-state index contributed by atoms with van der Waals surface area (Å²) in [6.45, 7) is 4.14. The van der Waals surface area contributed by atoms with E-state index >= 15 is 0 Å². The number of hydrogen-bond acceptors (Lipinski definition) is 11. The number of rotatable bonds is 29. The number of nitrogens with zero attached hydrogens (tertiary/aromatic N) is 4. The molecule has 1 atom stereocenters. The van der Waals surface area contributed by atoms with Crippen LogP contribution in [0, 0.1) is 5.82 Å². The Morgan fingerprint density at radius 1 is 0.810 bits per heavy atom. The molecule has 4 N–H and O–H groups in total. The lowest BCUT2D eigenvalue weighted by molar-refractivity contribution is -0.138. The van der Waals surface area contributed by atoms with Crippen LogP contribution >= 0.6 is 0 Å². The fourth-order valence-corrected chi connectivity index (χ4v) is 5.73. The number of halogens is 1. The van der Waals surface area contributed by atoms with Crippen LogP contribution in [0.1, 0.15) is 37.3 Å². The van der Waals surface area contributed by atoms with Gasteiger partial charge in [-0.25, -0.2) is 9.37 Å². The second-order valence-corrected chi connectivity index (χ2v) is 12.8. The molecule has 4 rings (SSSR count). The highest BCUT2D eigenvalue weighted by Crippen LogP contribution is 2.35. The maximum atomic E-state index is 13.3. The molecular weight excluding hydrogens is 753 g/mol. The molecule has 58 heavy (non-hydrogen) atoms. The fourth-order valence-electron chi connectivity index (χ4n) is 5.73. The molecule has 2 amide bonds. The highest BCUT2D eigenvalue weighted by atomic mass is 19.1. The van der Waals surface area contributed by atoms with E-state index in [9.17, 15) is 23.9 Å². The zero-order valence-corrected chi connectivity index (χ0v) is 32.3. The van der Waals surface area contributed by atoms with Crippen molar-refractivity contribution in [3.63, 3.8) is 0 Å². The number of ether oxygens (including phenoxy) is 5. The lowest BCUT2D eigenvalue weighted by Crippen LogP contribution is -2.39. The van der Waals surface area contributed by atoms with Gasteiger partial charge in [0.05, 0.1) is 71.9 Å². The van der Waals surface area contributed by atoms with Gasteiger partial charge in [0, 0.05) is 42.1 Å². The van der Waals surface area contributed by atoms with E-state index < -0.39 is 17.9 Å². The topological polar surface area (TPSA) is 215 Å². The van der Waals surface area contributed by atoms with Crippen LogP contribution in [0.15, 0.2) is 84.1 Å². The molecule has 0 bridgehead atoms. The van der Waals surface area contributed by atoms with Gasteiger partial charge in [-0.2, -0.15) is 0 Å². The average molecular weight is 804 g/mol. The van der Waals surface area contributed by atoms with Crippen molar-refractivity contribution in [1.29, 1.82) is 0 Å². The number of anilines is 1. The maximum Gasteiger partial charge on any atom is 0.305 e. The van der Waals surface area contributed by atoms with E-state index in [0.29, 0.717) is 103 Å². The van der Waals surface area contributed by atoms with Crippen molar-refractivity contribution >= 4 is 34.4 Å². The summed E-state index contributed by atoms with van der Waals surface area (Å²) in [6, 6.07) is 20.8. The quantitative estimate of drug-likeness (QED) is 0.0222. The van der Waals surface area contributed by atoms with Gasteiger partial charge >= 0.3 is 5.97 Å². The molecule has 0 saturated heterocycles. The van der Waals surface area contributed by atoms with E-state index in [-0.39, 0.29) is 31.1 Å². The number of carbonyl (C=O) groups is 3. The lowest BCUT2D eigenvalue weighted by atomic mass is 9.95. The molecule has 17 heteroatoms. The van der Waals surface area contributed by atoms with Crippen molar-refractivity contribution < 1.29 is 47.6 Å². The number of carboxylic acid groups (broad SMARTS) is 1. The summed E-state index contributed by atoms with van der Waals surface area (Å²) in [5, 5.41) is 23.2. The number of aliphatic carboxylic acids is 1. The monoisotopic (exact) mass is 803 g/mol. The molecular formula is C41H50FN7O9. The van der Waals surface area contributed by atoms with Crippen LogP contribution in [0.25, 0.3) is 32.3 Å².